The first-order chi connectivity index (χ1) is 13.1. The van der Waals surface area contributed by atoms with Crippen molar-refractivity contribution in [2.24, 2.45) is 10.9 Å². The average Bonchev–Trinajstić information content (AvgIpc) is 2.66. The number of hydrogen-bond acceptors (Lipinski definition) is 3. The molecular weight excluding hydrogens is 465 g/mol. The lowest BCUT2D eigenvalue weighted by Crippen LogP contribution is -2.40. The summed E-state index contributed by atoms with van der Waals surface area (Å²) in [5, 5.41) is 9.55. The van der Waals surface area contributed by atoms with Gasteiger partial charge in [-0.25, -0.2) is 0 Å². The van der Waals surface area contributed by atoms with E-state index in [0.717, 1.165) is 50.0 Å². The summed E-state index contributed by atoms with van der Waals surface area (Å²) in [6.45, 7) is 9.29. The number of hydrogen-bond donors (Lipinski definition) is 3. The third-order valence-corrected chi connectivity index (χ3v) is 5.02. The molecule has 1 fully saturated rings. The number of carbonyl (C=O) groups is 1. The molecule has 0 aromatic heterocycles. The molecule has 1 saturated heterocycles. The second-order valence-electron chi connectivity index (χ2n) is 7.43. The molecule has 0 bridgehead atoms. The summed E-state index contributed by atoms with van der Waals surface area (Å²) in [5.74, 6) is 1.70. The average molecular weight is 501 g/mol. The van der Waals surface area contributed by atoms with Gasteiger partial charge in [0.1, 0.15) is 0 Å². The van der Waals surface area contributed by atoms with Crippen LogP contribution in [0.5, 0.6) is 0 Å². The molecule has 0 atom stereocenters. The van der Waals surface area contributed by atoms with Crippen LogP contribution in [0.1, 0.15) is 38.7 Å². The van der Waals surface area contributed by atoms with Crippen LogP contribution in [0.15, 0.2) is 29.3 Å². The van der Waals surface area contributed by atoms with Crippen molar-refractivity contribution in [3.8, 4) is 0 Å². The molecule has 158 valence electrons. The van der Waals surface area contributed by atoms with Gasteiger partial charge in [-0.05, 0) is 68.9 Å². The fraction of sp³-hybridized carbons (Fsp3) is 0.619. The number of likely N-dealkylation sites (tertiary alicyclic amines) is 1. The second kappa shape index (κ2) is 13.8. The number of nitrogens with one attached hydrogen (secondary N) is 3. The van der Waals surface area contributed by atoms with Crippen LogP contribution < -0.4 is 16.0 Å². The first-order valence-corrected chi connectivity index (χ1v) is 10.1. The quantitative estimate of drug-likeness (QED) is 0.222. The van der Waals surface area contributed by atoms with Gasteiger partial charge in [0.15, 0.2) is 5.96 Å². The molecule has 1 amide bonds. The van der Waals surface area contributed by atoms with Crippen LogP contribution in [0.3, 0.4) is 0 Å². The van der Waals surface area contributed by atoms with Crippen molar-refractivity contribution in [2.45, 2.75) is 39.5 Å². The van der Waals surface area contributed by atoms with Crippen LogP contribution in [0.2, 0.25) is 0 Å². The molecule has 0 unspecified atom stereocenters. The molecule has 3 N–H and O–H groups in total. The predicted molar refractivity (Wildman–Crippen MR) is 129 cm³/mol. The Kier molecular flexibility index (Phi) is 12.1. The van der Waals surface area contributed by atoms with Gasteiger partial charge in [0, 0.05) is 32.7 Å². The largest absolute Gasteiger partial charge is 0.356 e. The van der Waals surface area contributed by atoms with E-state index in [0.29, 0.717) is 0 Å². The zero-order valence-corrected chi connectivity index (χ0v) is 19.8. The number of guanidine groups is 1. The lowest BCUT2D eigenvalue weighted by atomic mass is 9.99. The maximum Gasteiger partial charge on any atom is 0.221 e. The Hall–Kier alpha value is -1.35. The molecule has 1 aromatic carbocycles. The summed E-state index contributed by atoms with van der Waals surface area (Å²) >= 11 is 0. The van der Waals surface area contributed by atoms with Crippen molar-refractivity contribution in [3.63, 3.8) is 0 Å². The van der Waals surface area contributed by atoms with Crippen molar-refractivity contribution in [3.05, 3.63) is 29.8 Å². The van der Waals surface area contributed by atoms with Crippen LogP contribution in [0, 0.1) is 5.92 Å². The van der Waals surface area contributed by atoms with Crippen LogP contribution in [-0.2, 0) is 11.2 Å². The van der Waals surface area contributed by atoms with Gasteiger partial charge in [0.05, 0.1) is 0 Å². The van der Waals surface area contributed by atoms with Gasteiger partial charge in [-0.3, -0.25) is 9.79 Å². The number of benzene rings is 1. The number of piperidine rings is 1. The molecule has 2 rings (SSSR count). The lowest BCUT2D eigenvalue weighted by molar-refractivity contribution is -0.114. The minimum atomic E-state index is -0.0471. The highest BCUT2D eigenvalue weighted by Crippen LogP contribution is 2.15. The molecule has 1 aliphatic rings. The summed E-state index contributed by atoms with van der Waals surface area (Å²) < 4.78 is 0. The molecule has 0 radical (unpaired) electrons. The first-order valence-electron chi connectivity index (χ1n) is 10.1. The summed E-state index contributed by atoms with van der Waals surface area (Å²) in [7, 11) is 1.81. The Balaban J connectivity index is 0.00000392. The summed E-state index contributed by atoms with van der Waals surface area (Å²) in [6.07, 6.45) is 4.72. The first kappa shape index (κ1) is 24.7. The zero-order chi connectivity index (χ0) is 19.5. The number of halogens is 1. The van der Waals surface area contributed by atoms with Crippen molar-refractivity contribution in [2.75, 3.05) is 45.1 Å². The van der Waals surface area contributed by atoms with Crippen molar-refractivity contribution >= 4 is 41.5 Å². The maximum atomic E-state index is 11.0. The third kappa shape index (κ3) is 9.73. The molecule has 6 nitrogen and oxygen atoms in total. The second-order valence-corrected chi connectivity index (χ2v) is 7.43. The normalized spacial score (nSPS) is 15.6. The molecule has 1 heterocycles. The lowest BCUT2D eigenvalue weighted by Gasteiger charge is -2.30. The Morgan fingerprint density at radius 1 is 1.14 bits per heavy atom. The van der Waals surface area contributed by atoms with E-state index in [9.17, 15) is 4.79 Å². The molecule has 1 aromatic rings. The highest BCUT2D eigenvalue weighted by molar-refractivity contribution is 14.0. The Labute approximate surface area is 187 Å². The summed E-state index contributed by atoms with van der Waals surface area (Å²) in [4.78, 5) is 17.9. The van der Waals surface area contributed by atoms with Gasteiger partial charge in [0.2, 0.25) is 5.91 Å². The highest BCUT2D eigenvalue weighted by atomic mass is 127. The number of nitrogens with zero attached hydrogens (tertiary/aromatic N) is 2. The molecular formula is C21H36IN5O. The smallest absolute Gasteiger partial charge is 0.221 e. The topological polar surface area (TPSA) is 68.8 Å². The van der Waals surface area contributed by atoms with Gasteiger partial charge in [-0.2, -0.15) is 0 Å². The number of aliphatic imine (C=N–C) groups is 1. The van der Waals surface area contributed by atoms with Crippen LogP contribution in [0.25, 0.3) is 0 Å². The van der Waals surface area contributed by atoms with Crippen LogP contribution in [-0.4, -0.2) is 56.5 Å². The van der Waals surface area contributed by atoms with Gasteiger partial charge in [-0.15, -0.1) is 24.0 Å². The third-order valence-electron chi connectivity index (χ3n) is 5.02. The van der Waals surface area contributed by atoms with E-state index in [1.54, 1.807) is 0 Å². The maximum absolute atomic E-state index is 11.0. The molecule has 7 heteroatoms. The van der Waals surface area contributed by atoms with Gasteiger partial charge in [0.25, 0.3) is 0 Å². The van der Waals surface area contributed by atoms with Crippen molar-refractivity contribution in [1.82, 2.24) is 15.5 Å². The van der Waals surface area contributed by atoms with E-state index in [1.165, 1.54) is 38.4 Å². The summed E-state index contributed by atoms with van der Waals surface area (Å²) in [6, 6.07) is 7.96. The van der Waals surface area contributed by atoms with Gasteiger partial charge >= 0.3 is 0 Å². The Morgan fingerprint density at radius 3 is 2.39 bits per heavy atom. The van der Waals surface area contributed by atoms with Crippen molar-refractivity contribution in [1.29, 1.82) is 0 Å². The van der Waals surface area contributed by atoms with E-state index >= 15 is 0 Å². The van der Waals surface area contributed by atoms with Crippen LogP contribution >= 0.6 is 24.0 Å². The fourth-order valence-electron chi connectivity index (χ4n) is 3.30. The van der Waals surface area contributed by atoms with Gasteiger partial charge < -0.3 is 20.9 Å². The SMILES string of the molecule is CN=C(NCCCN1CCC(C)CC1)NCCc1ccc(NC(C)=O)cc1.I. The number of anilines is 1. The van der Waals surface area contributed by atoms with Crippen molar-refractivity contribution < 1.29 is 4.79 Å². The van der Waals surface area contributed by atoms with E-state index < -0.39 is 0 Å². The molecule has 0 spiro atoms. The summed E-state index contributed by atoms with van der Waals surface area (Å²) in [5.41, 5.74) is 2.06. The number of amides is 1. The minimum Gasteiger partial charge on any atom is -0.356 e. The monoisotopic (exact) mass is 501 g/mol. The van der Waals surface area contributed by atoms with Crippen LogP contribution in [0.4, 0.5) is 5.69 Å². The zero-order valence-electron chi connectivity index (χ0n) is 17.5. The molecule has 28 heavy (non-hydrogen) atoms. The van der Waals surface area contributed by atoms with E-state index in [-0.39, 0.29) is 29.9 Å². The van der Waals surface area contributed by atoms with E-state index in [1.807, 2.05) is 31.3 Å². The number of carbonyl (C=O) groups excluding carboxylic acids is 1. The highest BCUT2D eigenvalue weighted by Gasteiger charge is 2.14. The fourth-order valence-corrected chi connectivity index (χ4v) is 3.30. The molecule has 0 aliphatic carbocycles. The Bertz CT molecular complexity index is 597. The standard InChI is InChI=1S/C21H35N5O.HI/c1-17-10-15-26(16-11-17)14-4-12-23-21(22-3)24-13-9-19-5-7-20(8-6-19)25-18(2)27;/h5-8,17H,4,9-16H2,1-3H3,(H,25,27)(H2,22,23,24);1H. The van der Waals surface area contributed by atoms with E-state index in [4.69, 9.17) is 0 Å². The molecule has 0 saturated carbocycles. The van der Waals surface area contributed by atoms with E-state index in [2.05, 4.69) is 32.8 Å². The number of rotatable bonds is 8. The Morgan fingerprint density at radius 2 is 1.79 bits per heavy atom. The minimum absolute atomic E-state index is 0. The predicted octanol–water partition coefficient (Wildman–Crippen LogP) is 3.09. The molecule has 1 aliphatic heterocycles. The van der Waals surface area contributed by atoms with Gasteiger partial charge in [-0.1, -0.05) is 19.1 Å².